The molecule has 0 saturated carbocycles. The molecule has 0 saturated heterocycles. The highest BCUT2D eigenvalue weighted by molar-refractivity contribution is 7.93. The summed E-state index contributed by atoms with van der Waals surface area (Å²) in [6.07, 6.45) is -2.98. The minimum atomic E-state index is -4.51. The van der Waals surface area contributed by atoms with Crippen molar-refractivity contribution in [1.29, 1.82) is 0 Å². The second-order valence-electron chi connectivity index (χ2n) is 8.56. The second-order valence-corrected chi connectivity index (χ2v) is 11.7. The van der Waals surface area contributed by atoms with Crippen molar-refractivity contribution >= 4 is 48.9 Å². The Hall–Kier alpha value is -3.60. The average molecular weight is 589 g/mol. The minimum Gasteiger partial charge on any atom is -0.497 e. The smallest absolute Gasteiger partial charge is 0.416 e. The van der Waals surface area contributed by atoms with Crippen molar-refractivity contribution in [2.24, 2.45) is 0 Å². The number of fused-ring (bicyclic) bond motifs is 1. The molecule has 0 aliphatic rings. The first-order valence-corrected chi connectivity index (χ1v) is 14.2. The highest BCUT2D eigenvalue weighted by Gasteiger charge is 2.31. The monoisotopic (exact) mass is 588 g/mol. The molecular weight excluding hydrogens is 569 g/mol. The zero-order chi connectivity index (χ0) is 27.8. The standard InChI is InChI=1S/C28H20ClF3N2O3S2/c1-37-21-8-5-18(6-9-21)17-34(27-33-13-14-38-27)39(35,36)22-10-12-23-19(15-22)3-2-4-24(23)25-11-7-20(16-26(25)29)28(30,31)32/h2-16H,17H2,1H3. The fraction of sp³-hybridized carbons (Fsp3) is 0.107. The molecular formula is C28H20ClF3N2O3S2. The van der Waals surface area contributed by atoms with Crippen LogP contribution >= 0.6 is 22.9 Å². The summed E-state index contributed by atoms with van der Waals surface area (Å²) in [5, 5.41) is 3.20. The summed E-state index contributed by atoms with van der Waals surface area (Å²) in [6, 6.07) is 20.1. The fourth-order valence-electron chi connectivity index (χ4n) is 4.19. The Bertz CT molecular complexity index is 1740. The summed E-state index contributed by atoms with van der Waals surface area (Å²) in [5.41, 5.74) is 0.901. The molecule has 0 aliphatic carbocycles. The topological polar surface area (TPSA) is 59.5 Å². The van der Waals surface area contributed by atoms with Crippen LogP contribution in [0.2, 0.25) is 5.02 Å². The van der Waals surface area contributed by atoms with E-state index >= 15 is 0 Å². The maximum Gasteiger partial charge on any atom is 0.416 e. The number of halogens is 4. The summed E-state index contributed by atoms with van der Waals surface area (Å²) in [6.45, 7) is 0.0546. The van der Waals surface area contributed by atoms with Crippen LogP contribution in [0.25, 0.3) is 21.9 Å². The minimum absolute atomic E-state index is 0.0503. The highest BCUT2D eigenvalue weighted by atomic mass is 35.5. The van der Waals surface area contributed by atoms with Gasteiger partial charge in [-0.15, -0.1) is 11.3 Å². The molecule has 0 aliphatic heterocycles. The number of alkyl halides is 3. The molecule has 11 heteroatoms. The van der Waals surface area contributed by atoms with Gasteiger partial charge in [-0.05, 0) is 58.3 Å². The molecule has 5 nitrogen and oxygen atoms in total. The predicted octanol–water partition coefficient (Wildman–Crippen LogP) is 8.04. The van der Waals surface area contributed by atoms with Crippen LogP contribution in [0.5, 0.6) is 5.75 Å². The SMILES string of the molecule is COc1ccc(CN(c2nccs2)S(=O)(=O)c2ccc3c(-c4ccc(C(F)(F)F)cc4Cl)cccc3c2)cc1. The summed E-state index contributed by atoms with van der Waals surface area (Å²) >= 11 is 7.46. The molecule has 0 amide bonds. The number of hydrogen-bond acceptors (Lipinski definition) is 5. The first kappa shape index (κ1) is 27.0. The van der Waals surface area contributed by atoms with Gasteiger partial charge >= 0.3 is 6.18 Å². The number of thiazole rings is 1. The van der Waals surface area contributed by atoms with Crippen molar-refractivity contribution in [2.45, 2.75) is 17.6 Å². The molecule has 5 rings (SSSR count). The number of benzene rings is 4. The fourth-order valence-corrected chi connectivity index (χ4v) is 6.78. The Balaban J connectivity index is 1.55. The van der Waals surface area contributed by atoms with E-state index in [4.69, 9.17) is 16.3 Å². The molecule has 0 N–H and O–H groups in total. The van der Waals surface area contributed by atoms with Gasteiger partial charge in [0, 0.05) is 22.2 Å². The van der Waals surface area contributed by atoms with E-state index in [9.17, 15) is 21.6 Å². The van der Waals surface area contributed by atoms with Gasteiger partial charge in [-0.3, -0.25) is 0 Å². The van der Waals surface area contributed by atoms with Gasteiger partial charge < -0.3 is 4.74 Å². The van der Waals surface area contributed by atoms with E-state index < -0.39 is 21.8 Å². The first-order valence-electron chi connectivity index (χ1n) is 11.5. The normalized spacial score (nSPS) is 12.0. The molecule has 0 atom stereocenters. The molecule has 0 fully saturated rings. The third kappa shape index (κ3) is 5.45. The second kappa shape index (κ2) is 10.5. The van der Waals surface area contributed by atoms with Crippen LogP contribution in [0.15, 0.2) is 95.3 Å². The lowest BCUT2D eigenvalue weighted by Crippen LogP contribution is -2.30. The molecule has 0 unspecified atom stereocenters. The first-order chi connectivity index (χ1) is 18.6. The Kier molecular flexibility index (Phi) is 7.28. The van der Waals surface area contributed by atoms with Crippen LogP contribution in [0.3, 0.4) is 0 Å². The van der Waals surface area contributed by atoms with Crippen molar-refractivity contribution in [3.8, 4) is 16.9 Å². The zero-order valence-corrected chi connectivity index (χ0v) is 22.7. The van der Waals surface area contributed by atoms with E-state index in [0.29, 0.717) is 32.8 Å². The third-order valence-corrected chi connectivity index (χ3v) is 9.10. The third-order valence-electron chi connectivity index (χ3n) is 6.14. The summed E-state index contributed by atoms with van der Waals surface area (Å²) in [4.78, 5) is 4.28. The van der Waals surface area contributed by atoms with Gasteiger partial charge in [-0.1, -0.05) is 54.1 Å². The molecule has 0 bridgehead atoms. The number of methoxy groups -OCH3 is 1. The van der Waals surface area contributed by atoms with Gasteiger partial charge in [0.2, 0.25) is 0 Å². The van der Waals surface area contributed by atoms with E-state index in [0.717, 1.165) is 17.7 Å². The predicted molar refractivity (Wildman–Crippen MR) is 148 cm³/mol. The molecule has 5 aromatic rings. The molecule has 0 radical (unpaired) electrons. The summed E-state index contributed by atoms with van der Waals surface area (Å²) in [7, 11) is -2.48. The van der Waals surface area contributed by atoms with Crippen LogP contribution < -0.4 is 9.04 Å². The van der Waals surface area contributed by atoms with Crippen LogP contribution in [0, 0.1) is 0 Å². The van der Waals surface area contributed by atoms with E-state index in [1.165, 1.54) is 34.0 Å². The molecule has 1 heterocycles. The van der Waals surface area contributed by atoms with Crippen LogP contribution in [0.1, 0.15) is 11.1 Å². The van der Waals surface area contributed by atoms with Crippen LogP contribution in [-0.2, 0) is 22.7 Å². The van der Waals surface area contributed by atoms with Crippen molar-refractivity contribution in [2.75, 3.05) is 11.4 Å². The largest absolute Gasteiger partial charge is 0.497 e. The lowest BCUT2D eigenvalue weighted by Gasteiger charge is -2.22. The van der Waals surface area contributed by atoms with Gasteiger partial charge in [0.25, 0.3) is 10.0 Å². The number of hydrogen-bond donors (Lipinski definition) is 0. The molecule has 4 aromatic carbocycles. The van der Waals surface area contributed by atoms with Gasteiger partial charge in [0.15, 0.2) is 5.13 Å². The quantitative estimate of drug-likeness (QED) is 0.193. The van der Waals surface area contributed by atoms with Crippen molar-refractivity contribution in [1.82, 2.24) is 4.98 Å². The molecule has 1 aromatic heterocycles. The Morgan fingerprint density at radius 1 is 0.974 bits per heavy atom. The molecule has 39 heavy (non-hydrogen) atoms. The van der Waals surface area contributed by atoms with Gasteiger partial charge in [0.1, 0.15) is 5.75 Å². The van der Waals surface area contributed by atoms with E-state index in [2.05, 4.69) is 4.98 Å². The van der Waals surface area contributed by atoms with Gasteiger partial charge in [0.05, 0.1) is 24.1 Å². The zero-order valence-electron chi connectivity index (χ0n) is 20.3. The Morgan fingerprint density at radius 3 is 2.38 bits per heavy atom. The number of rotatable bonds is 7. The van der Waals surface area contributed by atoms with Gasteiger partial charge in [-0.2, -0.15) is 13.2 Å². The highest BCUT2D eigenvalue weighted by Crippen LogP contribution is 2.39. The lowest BCUT2D eigenvalue weighted by molar-refractivity contribution is -0.137. The number of aromatic nitrogens is 1. The number of nitrogens with zero attached hydrogens (tertiary/aromatic N) is 2. The maximum atomic E-state index is 13.9. The number of ether oxygens (including phenoxy) is 1. The summed E-state index contributed by atoms with van der Waals surface area (Å²) < 4.78 is 73.6. The number of sulfonamides is 1. The van der Waals surface area contributed by atoms with E-state index in [-0.39, 0.29) is 16.5 Å². The number of anilines is 1. The van der Waals surface area contributed by atoms with Crippen molar-refractivity contribution < 1.29 is 26.3 Å². The van der Waals surface area contributed by atoms with E-state index in [1.54, 1.807) is 67.1 Å². The van der Waals surface area contributed by atoms with Gasteiger partial charge in [-0.25, -0.2) is 17.7 Å². The average Bonchev–Trinajstić information content (AvgIpc) is 3.45. The molecule has 0 spiro atoms. The van der Waals surface area contributed by atoms with Crippen LogP contribution in [0.4, 0.5) is 18.3 Å². The van der Waals surface area contributed by atoms with Crippen LogP contribution in [-0.4, -0.2) is 20.5 Å². The maximum absolute atomic E-state index is 13.9. The summed E-state index contributed by atoms with van der Waals surface area (Å²) in [5.74, 6) is 0.654. The lowest BCUT2D eigenvalue weighted by atomic mass is 9.97. The van der Waals surface area contributed by atoms with E-state index in [1.807, 2.05) is 0 Å². The van der Waals surface area contributed by atoms with Crippen molar-refractivity contribution in [3.63, 3.8) is 0 Å². The van der Waals surface area contributed by atoms with Crippen molar-refractivity contribution in [3.05, 3.63) is 107 Å². The Labute approximate surface area is 232 Å². The Morgan fingerprint density at radius 2 is 1.74 bits per heavy atom. The molecule has 200 valence electrons.